The number of nitrogens with zero attached hydrogens (tertiary/aromatic N) is 4. The van der Waals surface area contributed by atoms with Crippen LogP contribution in [0.1, 0.15) is 5.69 Å². The van der Waals surface area contributed by atoms with E-state index >= 15 is 0 Å². The first kappa shape index (κ1) is 22.7. The predicted molar refractivity (Wildman–Crippen MR) is 133 cm³/mol. The number of anilines is 3. The van der Waals surface area contributed by atoms with Crippen LogP contribution in [0.2, 0.25) is 0 Å². The molecule has 0 amide bonds. The Morgan fingerprint density at radius 2 is 1.62 bits per heavy atom. The molecule has 2 heterocycles. The zero-order valence-electron chi connectivity index (χ0n) is 17.8. The number of aromatic nitrogens is 2. The highest BCUT2D eigenvalue weighted by atomic mass is 127. The molecule has 0 bridgehead atoms. The molecule has 1 fully saturated rings. The first-order valence-corrected chi connectivity index (χ1v) is 12.6. The SMILES string of the molecule is COc1ccc(Nc2cc(C)nc(N3CCN(S(=O)(=O)c4ccc(I)cc4)CC3)n2)cc1. The van der Waals surface area contributed by atoms with Gasteiger partial charge < -0.3 is 15.0 Å². The summed E-state index contributed by atoms with van der Waals surface area (Å²) >= 11 is 2.16. The number of nitrogens with one attached hydrogen (secondary N) is 1. The van der Waals surface area contributed by atoms with Crippen LogP contribution in [-0.4, -0.2) is 56.0 Å². The van der Waals surface area contributed by atoms with Crippen LogP contribution in [0.4, 0.5) is 17.5 Å². The Labute approximate surface area is 201 Å². The Hall–Kier alpha value is -2.44. The second-order valence-electron chi connectivity index (χ2n) is 7.39. The highest BCUT2D eigenvalue weighted by Crippen LogP contribution is 2.23. The lowest BCUT2D eigenvalue weighted by atomic mass is 10.3. The fraction of sp³-hybridized carbons (Fsp3) is 0.273. The summed E-state index contributed by atoms with van der Waals surface area (Å²) in [5, 5.41) is 3.29. The number of sulfonamides is 1. The van der Waals surface area contributed by atoms with E-state index in [0.717, 1.165) is 20.7 Å². The van der Waals surface area contributed by atoms with Gasteiger partial charge >= 0.3 is 0 Å². The fourth-order valence-electron chi connectivity index (χ4n) is 3.46. The Morgan fingerprint density at radius 3 is 2.25 bits per heavy atom. The fourth-order valence-corrected chi connectivity index (χ4v) is 5.25. The van der Waals surface area contributed by atoms with Crippen molar-refractivity contribution in [2.75, 3.05) is 43.5 Å². The van der Waals surface area contributed by atoms with Crippen molar-refractivity contribution in [1.82, 2.24) is 14.3 Å². The van der Waals surface area contributed by atoms with Crippen molar-refractivity contribution >= 4 is 50.1 Å². The van der Waals surface area contributed by atoms with Crippen molar-refractivity contribution in [3.63, 3.8) is 0 Å². The molecule has 0 saturated carbocycles. The van der Waals surface area contributed by atoms with Gasteiger partial charge in [0.15, 0.2) is 0 Å². The molecule has 0 atom stereocenters. The molecule has 168 valence electrons. The lowest BCUT2D eigenvalue weighted by Gasteiger charge is -2.34. The maximum Gasteiger partial charge on any atom is 0.243 e. The van der Waals surface area contributed by atoms with Crippen LogP contribution in [0.15, 0.2) is 59.5 Å². The molecule has 1 aliphatic rings. The molecule has 4 rings (SSSR count). The summed E-state index contributed by atoms with van der Waals surface area (Å²) in [4.78, 5) is 11.6. The van der Waals surface area contributed by atoms with Crippen LogP contribution in [-0.2, 0) is 10.0 Å². The molecule has 0 aliphatic carbocycles. The van der Waals surface area contributed by atoms with Crippen molar-refractivity contribution in [1.29, 1.82) is 0 Å². The van der Waals surface area contributed by atoms with Crippen LogP contribution >= 0.6 is 22.6 Å². The van der Waals surface area contributed by atoms with E-state index in [-0.39, 0.29) is 0 Å². The van der Waals surface area contributed by atoms with Crippen LogP contribution in [0.25, 0.3) is 0 Å². The van der Waals surface area contributed by atoms with Crippen LogP contribution in [0.5, 0.6) is 5.75 Å². The standard InChI is InChI=1S/C22H24IN5O3S/c1-16-15-21(25-18-5-7-19(31-2)8-6-18)26-22(24-16)27-11-13-28(14-12-27)32(29,30)20-9-3-17(23)4-10-20/h3-10,15H,11-14H2,1-2H3,(H,24,25,26). The first-order valence-electron chi connectivity index (χ1n) is 10.1. The number of aryl methyl sites for hydroxylation is 1. The number of methoxy groups -OCH3 is 1. The van der Waals surface area contributed by atoms with Gasteiger partial charge in [0.25, 0.3) is 0 Å². The molecule has 2 aromatic carbocycles. The summed E-state index contributed by atoms with van der Waals surface area (Å²) in [5.41, 5.74) is 1.73. The van der Waals surface area contributed by atoms with Crippen molar-refractivity contribution in [2.45, 2.75) is 11.8 Å². The quantitative estimate of drug-likeness (QED) is 0.457. The Morgan fingerprint density at radius 1 is 0.969 bits per heavy atom. The molecule has 8 nitrogen and oxygen atoms in total. The molecular formula is C22H24IN5O3S. The highest BCUT2D eigenvalue weighted by Gasteiger charge is 2.29. The number of halogens is 1. The van der Waals surface area contributed by atoms with Crippen LogP contribution < -0.4 is 15.0 Å². The third-order valence-corrected chi connectivity index (χ3v) is 7.81. The number of hydrogen-bond donors (Lipinski definition) is 1. The predicted octanol–water partition coefficient (Wildman–Crippen LogP) is 3.65. The summed E-state index contributed by atoms with van der Waals surface area (Å²) in [6, 6.07) is 16.4. The number of ether oxygens (including phenoxy) is 1. The van der Waals surface area contributed by atoms with Gasteiger partial charge in [0.05, 0.1) is 12.0 Å². The number of benzene rings is 2. The van der Waals surface area contributed by atoms with Crippen molar-refractivity contribution in [2.24, 2.45) is 0 Å². The van der Waals surface area contributed by atoms with Gasteiger partial charge in [0.1, 0.15) is 11.6 Å². The highest BCUT2D eigenvalue weighted by molar-refractivity contribution is 14.1. The Balaban J connectivity index is 1.45. The molecule has 1 N–H and O–H groups in total. The average Bonchev–Trinajstić information content (AvgIpc) is 2.79. The minimum absolute atomic E-state index is 0.323. The second kappa shape index (κ2) is 9.59. The van der Waals surface area contributed by atoms with Crippen LogP contribution in [0.3, 0.4) is 0 Å². The van der Waals surface area contributed by atoms with Gasteiger partial charge in [0.2, 0.25) is 16.0 Å². The van der Waals surface area contributed by atoms with E-state index in [1.54, 1.807) is 19.2 Å². The molecule has 0 spiro atoms. The molecule has 32 heavy (non-hydrogen) atoms. The van der Waals surface area contributed by atoms with Gasteiger partial charge in [-0.15, -0.1) is 0 Å². The third-order valence-electron chi connectivity index (χ3n) is 5.18. The normalized spacial score (nSPS) is 14.9. The van der Waals surface area contributed by atoms with Crippen molar-refractivity contribution in [3.8, 4) is 5.75 Å². The van der Waals surface area contributed by atoms with Gasteiger partial charge in [-0.05, 0) is 78.0 Å². The smallest absolute Gasteiger partial charge is 0.243 e. The summed E-state index contributed by atoms with van der Waals surface area (Å²) in [6.07, 6.45) is 0. The summed E-state index contributed by atoms with van der Waals surface area (Å²) in [7, 11) is -1.87. The third kappa shape index (κ3) is 5.13. The summed E-state index contributed by atoms with van der Waals surface area (Å²) < 4.78 is 33.6. The van der Waals surface area contributed by atoms with Crippen molar-refractivity contribution in [3.05, 3.63) is 63.9 Å². The number of rotatable bonds is 6. The Bertz CT molecular complexity index is 1180. The minimum atomic E-state index is -3.51. The van der Waals surface area contributed by atoms with E-state index in [1.807, 2.05) is 54.3 Å². The van der Waals surface area contributed by atoms with E-state index in [4.69, 9.17) is 4.74 Å². The van der Waals surface area contributed by atoms with Gasteiger partial charge in [0, 0.05) is 47.2 Å². The van der Waals surface area contributed by atoms with Crippen LogP contribution in [0, 0.1) is 10.5 Å². The van der Waals surface area contributed by atoms with Gasteiger partial charge in [-0.2, -0.15) is 9.29 Å². The van der Waals surface area contributed by atoms with Gasteiger partial charge in [-0.25, -0.2) is 13.4 Å². The average molecular weight is 565 g/mol. The number of hydrogen-bond acceptors (Lipinski definition) is 7. The lowest BCUT2D eigenvalue weighted by molar-refractivity contribution is 0.382. The maximum atomic E-state index is 13.0. The summed E-state index contributed by atoms with van der Waals surface area (Å²) in [5.74, 6) is 2.06. The topological polar surface area (TPSA) is 87.7 Å². The van der Waals surface area contributed by atoms with Gasteiger partial charge in [-0.1, -0.05) is 0 Å². The molecule has 1 aromatic heterocycles. The second-order valence-corrected chi connectivity index (χ2v) is 10.6. The molecule has 0 unspecified atom stereocenters. The molecule has 1 aliphatic heterocycles. The first-order chi connectivity index (χ1) is 15.3. The molecule has 10 heteroatoms. The largest absolute Gasteiger partial charge is 0.497 e. The van der Waals surface area contributed by atoms with E-state index in [2.05, 4.69) is 37.9 Å². The number of piperazine rings is 1. The lowest BCUT2D eigenvalue weighted by Crippen LogP contribution is -2.49. The molecule has 3 aromatic rings. The Kier molecular flexibility index (Phi) is 6.82. The van der Waals surface area contributed by atoms with E-state index in [9.17, 15) is 8.42 Å². The molecule has 1 saturated heterocycles. The zero-order chi connectivity index (χ0) is 22.7. The van der Waals surface area contributed by atoms with E-state index in [1.165, 1.54) is 4.31 Å². The minimum Gasteiger partial charge on any atom is -0.497 e. The monoisotopic (exact) mass is 565 g/mol. The van der Waals surface area contributed by atoms with Gasteiger partial charge in [-0.3, -0.25) is 0 Å². The van der Waals surface area contributed by atoms with Crippen molar-refractivity contribution < 1.29 is 13.2 Å². The maximum absolute atomic E-state index is 13.0. The van der Waals surface area contributed by atoms with E-state index in [0.29, 0.717) is 42.8 Å². The summed E-state index contributed by atoms with van der Waals surface area (Å²) in [6.45, 7) is 3.73. The van der Waals surface area contributed by atoms with E-state index < -0.39 is 10.0 Å². The molecule has 0 radical (unpaired) electrons. The zero-order valence-corrected chi connectivity index (χ0v) is 20.8. The molecular weight excluding hydrogens is 541 g/mol.